The van der Waals surface area contributed by atoms with Crippen LogP contribution in [0.3, 0.4) is 0 Å². The molecule has 1 aromatic heterocycles. The fourth-order valence-corrected chi connectivity index (χ4v) is 1.48. The van der Waals surface area contributed by atoms with Gasteiger partial charge in [0.05, 0.1) is 17.8 Å². The lowest BCUT2D eigenvalue weighted by atomic mass is 10.1. The highest BCUT2D eigenvalue weighted by Crippen LogP contribution is 2.19. The Hall–Kier alpha value is -2.23. The zero-order valence-electron chi connectivity index (χ0n) is 8.50. The minimum absolute atomic E-state index is 0.113. The van der Waals surface area contributed by atoms with Gasteiger partial charge in [-0.2, -0.15) is 0 Å². The molecule has 2 aromatic rings. The average Bonchev–Trinajstić information content (AvgIpc) is 2.30. The van der Waals surface area contributed by atoms with E-state index in [2.05, 4.69) is 9.97 Å². The number of hydrogen-bond donors (Lipinski definition) is 1. The third-order valence-electron chi connectivity index (χ3n) is 2.14. The number of rotatable bonds is 3. The van der Waals surface area contributed by atoms with Crippen LogP contribution in [0.4, 0.5) is 0 Å². The van der Waals surface area contributed by atoms with E-state index in [9.17, 15) is 4.79 Å². The molecule has 0 aliphatic rings. The Balaban J connectivity index is 2.44. The Morgan fingerprint density at radius 2 is 1.81 bits per heavy atom. The zero-order chi connectivity index (χ0) is 11.4. The predicted molar refractivity (Wildman–Crippen MR) is 58.8 cm³/mol. The molecule has 0 unspecified atom stereocenters. The van der Waals surface area contributed by atoms with Gasteiger partial charge in [-0.15, -0.1) is 0 Å². The minimum atomic E-state index is -0.905. The van der Waals surface area contributed by atoms with E-state index in [1.54, 1.807) is 6.20 Å². The Morgan fingerprint density at radius 3 is 2.50 bits per heavy atom. The SMILES string of the molecule is O=C(O)Cc1nccnc1-c1ccccc1. The number of hydrogen-bond acceptors (Lipinski definition) is 3. The number of carboxylic acid groups (broad SMARTS) is 1. The van der Waals surface area contributed by atoms with Crippen molar-refractivity contribution < 1.29 is 9.90 Å². The molecule has 0 aliphatic heterocycles. The van der Waals surface area contributed by atoms with Crippen LogP contribution in [-0.4, -0.2) is 21.0 Å². The second-order valence-corrected chi connectivity index (χ2v) is 3.29. The van der Waals surface area contributed by atoms with Crippen molar-refractivity contribution in [2.75, 3.05) is 0 Å². The predicted octanol–water partition coefficient (Wildman–Crippen LogP) is 1.77. The summed E-state index contributed by atoms with van der Waals surface area (Å²) in [6.45, 7) is 0. The summed E-state index contributed by atoms with van der Waals surface area (Å²) >= 11 is 0. The second kappa shape index (κ2) is 4.53. The van der Waals surface area contributed by atoms with Crippen molar-refractivity contribution in [2.24, 2.45) is 0 Å². The van der Waals surface area contributed by atoms with E-state index in [1.165, 1.54) is 6.20 Å². The molecule has 0 amide bonds. The van der Waals surface area contributed by atoms with Crippen LogP contribution >= 0.6 is 0 Å². The van der Waals surface area contributed by atoms with Gasteiger partial charge in [0.15, 0.2) is 0 Å². The Kier molecular flexibility index (Phi) is 2.91. The van der Waals surface area contributed by atoms with Gasteiger partial charge in [-0.3, -0.25) is 14.8 Å². The van der Waals surface area contributed by atoms with Crippen molar-refractivity contribution in [1.82, 2.24) is 9.97 Å². The van der Waals surface area contributed by atoms with E-state index in [0.717, 1.165) is 5.56 Å². The Morgan fingerprint density at radius 1 is 1.12 bits per heavy atom. The number of nitrogens with zero attached hydrogens (tertiary/aromatic N) is 2. The van der Waals surface area contributed by atoms with Crippen LogP contribution in [0.1, 0.15) is 5.69 Å². The fourth-order valence-electron chi connectivity index (χ4n) is 1.48. The monoisotopic (exact) mass is 214 g/mol. The highest BCUT2D eigenvalue weighted by atomic mass is 16.4. The van der Waals surface area contributed by atoms with Crippen LogP contribution in [0.5, 0.6) is 0 Å². The number of benzene rings is 1. The highest BCUT2D eigenvalue weighted by Gasteiger charge is 2.10. The quantitative estimate of drug-likeness (QED) is 0.845. The van der Waals surface area contributed by atoms with Crippen molar-refractivity contribution in [3.8, 4) is 11.3 Å². The molecule has 1 heterocycles. The third-order valence-corrected chi connectivity index (χ3v) is 2.14. The lowest BCUT2D eigenvalue weighted by Gasteiger charge is -2.04. The molecule has 4 nitrogen and oxygen atoms in total. The van der Waals surface area contributed by atoms with E-state index < -0.39 is 5.97 Å². The van der Waals surface area contributed by atoms with E-state index in [0.29, 0.717) is 11.4 Å². The lowest BCUT2D eigenvalue weighted by Crippen LogP contribution is -2.05. The van der Waals surface area contributed by atoms with Gasteiger partial charge in [-0.25, -0.2) is 0 Å². The Labute approximate surface area is 92.6 Å². The fraction of sp³-hybridized carbons (Fsp3) is 0.0833. The largest absolute Gasteiger partial charge is 0.481 e. The van der Waals surface area contributed by atoms with Crippen LogP contribution in [0.15, 0.2) is 42.7 Å². The normalized spacial score (nSPS) is 10.0. The first-order chi connectivity index (χ1) is 7.77. The third kappa shape index (κ3) is 2.23. The zero-order valence-corrected chi connectivity index (χ0v) is 8.50. The van der Waals surface area contributed by atoms with Crippen molar-refractivity contribution in [2.45, 2.75) is 6.42 Å². The van der Waals surface area contributed by atoms with Crippen molar-refractivity contribution in [3.05, 3.63) is 48.4 Å². The minimum Gasteiger partial charge on any atom is -0.481 e. The summed E-state index contributed by atoms with van der Waals surface area (Å²) in [5, 5.41) is 8.77. The second-order valence-electron chi connectivity index (χ2n) is 3.29. The van der Waals surface area contributed by atoms with E-state index in [4.69, 9.17) is 5.11 Å². The molecule has 0 aliphatic carbocycles. The first-order valence-electron chi connectivity index (χ1n) is 4.84. The summed E-state index contributed by atoms with van der Waals surface area (Å²) in [5.74, 6) is -0.905. The molecule has 1 N–H and O–H groups in total. The van der Waals surface area contributed by atoms with Gasteiger partial charge in [0.2, 0.25) is 0 Å². The van der Waals surface area contributed by atoms with Crippen LogP contribution in [-0.2, 0) is 11.2 Å². The van der Waals surface area contributed by atoms with E-state index in [1.807, 2.05) is 30.3 Å². The van der Waals surface area contributed by atoms with E-state index in [-0.39, 0.29) is 6.42 Å². The molecule has 16 heavy (non-hydrogen) atoms. The van der Waals surface area contributed by atoms with Crippen LogP contribution in [0, 0.1) is 0 Å². The number of aromatic nitrogens is 2. The van der Waals surface area contributed by atoms with Crippen molar-refractivity contribution in [1.29, 1.82) is 0 Å². The average molecular weight is 214 g/mol. The molecule has 0 atom stereocenters. The van der Waals surface area contributed by atoms with Crippen LogP contribution in [0.2, 0.25) is 0 Å². The topological polar surface area (TPSA) is 63.1 Å². The molecule has 2 rings (SSSR count). The smallest absolute Gasteiger partial charge is 0.309 e. The molecule has 0 bridgehead atoms. The molecular weight excluding hydrogens is 204 g/mol. The number of carboxylic acids is 1. The number of aliphatic carboxylic acids is 1. The summed E-state index contributed by atoms with van der Waals surface area (Å²) in [5.41, 5.74) is 2.00. The molecular formula is C12H10N2O2. The lowest BCUT2D eigenvalue weighted by molar-refractivity contribution is -0.136. The maximum absolute atomic E-state index is 10.7. The van der Waals surface area contributed by atoms with Crippen LogP contribution in [0.25, 0.3) is 11.3 Å². The summed E-state index contributed by atoms with van der Waals surface area (Å²) in [7, 11) is 0. The molecule has 80 valence electrons. The maximum atomic E-state index is 10.7. The first-order valence-corrected chi connectivity index (χ1v) is 4.84. The standard InChI is InChI=1S/C12H10N2O2/c15-11(16)8-10-12(14-7-6-13-10)9-4-2-1-3-5-9/h1-7H,8H2,(H,15,16). The Bertz CT molecular complexity index is 497. The highest BCUT2D eigenvalue weighted by molar-refractivity contribution is 5.73. The summed E-state index contributed by atoms with van der Waals surface area (Å²) < 4.78 is 0. The molecule has 0 fully saturated rings. The molecule has 0 saturated heterocycles. The van der Waals surface area contributed by atoms with Crippen LogP contribution < -0.4 is 0 Å². The summed E-state index contributed by atoms with van der Waals surface area (Å²) in [6, 6.07) is 9.44. The summed E-state index contributed by atoms with van der Waals surface area (Å²) in [4.78, 5) is 18.9. The molecule has 4 heteroatoms. The van der Waals surface area contributed by atoms with Gasteiger partial charge < -0.3 is 5.11 Å². The van der Waals surface area contributed by atoms with Gasteiger partial charge in [0, 0.05) is 18.0 Å². The van der Waals surface area contributed by atoms with Gasteiger partial charge >= 0.3 is 5.97 Å². The van der Waals surface area contributed by atoms with E-state index >= 15 is 0 Å². The first kappa shape index (κ1) is 10.3. The number of carbonyl (C=O) groups is 1. The molecule has 1 aromatic carbocycles. The van der Waals surface area contributed by atoms with Gasteiger partial charge in [0.1, 0.15) is 0 Å². The summed E-state index contributed by atoms with van der Waals surface area (Å²) in [6.07, 6.45) is 2.95. The molecule has 0 spiro atoms. The van der Waals surface area contributed by atoms with Gasteiger partial charge in [-0.05, 0) is 0 Å². The van der Waals surface area contributed by atoms with Gasteiger partial charge in [-0.1, -0.05) is 30.3 Å². The van der Waals surface area contributed by atoms with Gasteiger partial charge in [0.25, 0.3) is 0 Å². The van der Waals surface area contributed by atoms with Crippen molar-refractivity contribution in [3.63, 3.8) is 0 Å². The van der Waals surface area contributed by atoms with Crippen molar-refractivity contribution >= 4 is 5.97 Å². The molecule has 0 saturated carbocycles. The molecule has 0 radical (unpaired) electrons. The maximum Gasteiger partial charge on any atom is 0.309 e.